The van der Waals surface area contributed by atoms with E-state index < -0.39 is 29.8 Å². The molecule has 1 amide bonds. The molecule has 0 radical (unpaired) electrons. The van der Waals surface area contributed by atoms with E-state index in [2.05, 4.69) is 5.32 Å². The molecule has 0 aliphatic rings. The molecule has 0 aromatic rings. The third-order valence-electron chi connectivity index (χ3n) is 3.14. The Labute approximate surface area is 144 Å². The highest BCUT2D eigenvalue weighted by Gasteiger charge is 2.28. The minimum atomic E-state index is -0.932. The topological polar surface area (TPSA) is 106 Å². The molecule has 7 heteroatoms. The summed E-state index contributed by atoms with van der Waals surface area (Å²) in [4.78, 5) is 35.9. The van der Waals surface area contributed by atoms with E-state index in [1.807, 2.05) is 13.8 Å². The Balaban J connectivity index is 4.97. The van der Waals surface area contributed by atoms with Gasteiger partial charge in [-0.05, 0) is 39.5 Å². The van der Waals surface area contributed by atoms with Gasteiger partial charge in [-0.1, -0.05) is 13.8 Å². The van der Waals surface area contributed by atoms with Crippen LogP contribution in [0.1, 0.15) is 53.9 Å². The molecule has 0 aliphatic heterocycles. The van der Waals surface area contributed by atoms with Crippen molar-refractivity contribution in [1.82, 2.24) is 5.32 Å². The van der Waals surface area contributed by atoms with E-state index in [0.717, 1.165) is 0 Å². The Morgan fingerprint density at radius 2 is 1.79 bits per heavy atom. The number of carbonyl (C=O) groups excluding carboxylic acids is 3. The van der Waals surface area contributed by atoms with Gasteiger partial charge in [-0.25, -0.2) is 4.79 Å². The van der Waals surface area contributed by atoms with E-state index in [1.54, 1.807) is 20.8 Å². The number of amides is 1. The van der Waals surface area contributed by atoms with Crippen LogP contribution in [0.5, 0.6) is 0 Å². The lowest BCUT2D eigenvalue weighted by Gasteiger charge is -2.23. The van der Waals surface area contributed by atoms with Gasteiger partial charge in [-0.15, -0.1) is 0 Å². The maximum Gasteiger partial charge on any atom is 0.328 e. The molecule has 0 aliphatic carbocycles. The Morgan fingerprint density at radius 3 is 2.25 bits per heavy atom. The highest BCUT2D eigenvalue weighted by molar-refractivity contribution is 6.26. The Morgan fingerprint density at radius 1 is 1.17 bits per heavy atom. The molecular weight excluding hydrogens is 312 g/mol. The number of rotatable bonds is 12. The lowest BCUT2D eigenvalue weighted by atomic mass is 10.0. The smallest absolute Gasteiger partial charge is 0.328 e. The fourth-order valence-electron chi connectivity index (χ4n) is 2.07. The third-order valence-corrected chi connectivity index (χ3v) is 3.14. The Kier molecular flexibility index (Phi) is 10.9. The monoisotopic (exact) mass is 342 g/mol. The van der Waals surface area contributed by atoms with Gasteiger partial charge in [0.15, 0.2) is 5.78 Å². The number of ether oxygens (including phenoxy) is 2. The van der Waals surface area contributed by atoms with Gasteiger partial charge in [0.05, 0.1) is 12.3 Å². The van der Waals surface area contributed by atoms with Crippen molar-refractivity contribution in [2.75, 3.05) is 6.61 Å². The van der Waals surface area contributed by atoms with Gasteiger partial charge < -0.3 is 20.2 Å². The van der Waals surface area contributed by atoms with E-state index in [1.165, 1.54) is 0 Å². The van der Waals surface area contributed by atoms with Crippen LogP contribution >= 0.6 is 0 Å². The van der Waals surface area contributed by atoms with Gasteiger partial charge >= 0.3 is 5.97 Å². The van der Waals surface area contributed by atoms with Crippen molar-refractivity contribution in [3.8, 4) is 0 Å². The third kappa shape index (κ3) is 9.39. The van der Waals surface area contributed by atoms with Crippen LogP contribution in [0.3, 0.4) is 0 Å². The van der Waals surface area contributed by atoms with Gasteiger partial charge in [-0.3, -0.25) is 9.59 Å². The summed E-state index contributed by atoms with van der Waals surface area (Å²) in [6.07, 6.45) is 0.341. The molecule has 0 rings (SSSR count). The lowest BCUT2D eigenvalue weighted by Crippen LogP contribution is -2.47. The zero-order chi connectivity index (χ0) is 18.7. The molecular formula is C17H30N2O5. The highest BCUT2D eigenvalue weighted by Crippen LogP contribution is 2.10. The standard InChI is InChI=1S/C17H30N2O5/c1-6-23-15(9-11(2)3)16(21)19-14(8-7-13(20)10-18)17(22)24-12(4)5/h10-12,14-15,18H,6-9H2,1-5H3,(H,19,21)/t14-,15-/m0/s1. The molecule has 2 atom stereocenters. The van der Waals surface area contributed by atoms with Crippen LogP contribution in [0.2, 0.25) is 0 Å². The number of hydrogen-bond donors (Lipinski definition) is 2. The van der Waals surface area contributed by atoms with Crippen LogP contribution in [-0.2, 0) is 23.9 Å². The first-order chi connectivity index (χ1) is 11.2. The van der Waals surface area contributed by atoms with Gasteiger partial charge in [0.2, 0.25) is 5.91 Å². The molecule has 0 aromatic heterocycles. The first-order valence-electron chi connectivity index (χ1n) is 8.36. The fraction of sp³-hybridized carbons (Fsp3) is 0.765. The van der Waals surface area contributed by atoms with Gasteiger partial charge in [0, 0.05) is 13.0 Å². The largest absolute Gasteiger partial charge is 0.461 e. The zero-order valence-corrected chi connectivity index (χ0v) is 15.3. The van der Waals surface area contributed by atoms with Crippen molar-refractivity contribution in [3.63, 3.8) is 0 Å². The number of nitrogens with one attached hydrogen (secondary N) is 2. The van der Waals surface area contributed by atoms with E-state index >= 15 is 0 Å². The second-order valence-electron chi connectivity index (χ2n) is 6.27. The molecule has 0 heterocycles. The van der Waals surface area contributed by atoms with Crippen LogP contribution in [-0.4, -0.2) is 48.7 Å². The van der Waals surface area contributed by atoms with Crippen molar-refractivity contribution in [2.45, 2.75) is 72.1 Å². The SMILES string of the molecule is CCO[C@@H](CC(C)C)C(=O)N[C@@H](CCC(=O)C=N)C(=O)OC(C)C. The quantitative estimate of drug-likeness (QED) is 0.416. The van der Waals surface area contributed by atoms with E-state index in [4.69, 9.17) is 14.9 Å². The van der Waals surface area contributed by atoms with Crippen molar-refractivity contribution in [1.29, 1.82) is 5.41 Å². The first kappa shape index (κ1) is 22.2. The normalized spacial score (nSPS) is 13.5. The molecule has 0 spiro atoms. The predicted octanol–water partition coefficient (Wildman–Crippen LogP) is 1.87. The van der Waals surface area contributed by atoms with E-state index in [0.29, 0.717) is 19.2 Å². The van der Waals surface area contributed by atoms with E-state index in [9.17, 15) is 14.4 Å². The Hall–Kier alpha value is -1.76. The first-order valence-corrected chi connectivity index (χ1v) is 8.36. The fourth-order valence-corrected chi connectivity index (χ4v) is 2.07. The van der Waals surface area contributed by atoms with Crippen LogP contribution in [0, 0.1) is 11.3 Å². The van der Waals surface area contributed by atoms with Crippen molar-refractivity contribution in [2.24, 2.45) is 5.92 Å². The average molecular weight is 342 g/mol. The van der Waals surface area contributed by atoms with Gasteiger partial charge in [-0.2, -0.15) is 0 Å². The van der Waals surface area contributed by atoms with E-state index in [-0.39, 0.29) is 24.9 Å². The van der Waals surface area contributed by atoms with Crippen molar-refractivity contribution in [3.05, 3.63) is 0 Å². The zero-order valence-electron chi connectivity index (χ0n) is 15.3. The number of carbonyl (C=O) groups is 3. The lowest BCUT2D eigenvalue weighted by molar-refractivity contribution is -0.153. The Bertz CT molecular complexity index is 435. The minimum Gasteiger partial charge on any atom is -0.461 e. The highest BCUT2D eigenvalue weighted by atomic mass is 16.5. The van der Waals surface area contributed by atoms with Crippen LogP contribution in [0.15, 0.2) is 0 Å². The number of esters is 1. The summed E-state index contributed by atoms with van der Waals surface area (Å²) in [6, 6.07) is -0.932. The summed E-state index contributed by atoms with van der Waals surface area (Å²) in [5.74, 6) is -1.13. The maximum atomic E-state index is 12.4. The summed E-state index contributed by atoms with van der Waals surface area (Å²) >= 11 is 0. The van der Waals surface area contributed by atoms with Crippen LogP contribution in [0.25, 0.3) is 0 Å². The second-order valence-corrected chi connectivity index (χ2v) is 6.27. The minimum absolute atomic E-state index is 0.00881. The second kappa shape index (κ2) is 11.7. The molecule has 0 saturated heterocycles. The summed E-state index contributed by atoms with van der Waals surface area (Å²) in [5.41, 5.74) is 0. The molecule has 0 saturated carbocycles. The molecule has 2 N–H and O–H groups in total. The van der Waals surface area contributed by atoms with Crippen molar-refractivity contribution >= 4 is 23.9 Å². The summed E-state index contributed by atoms with van der Waals surface area (Å²) in [7, 11) is 0. The molecule has 0 aromatic carbocycles. The predicted molar refractivity (Wildman–Crippen MR) is 91.1 cm³/mol. The molecule has 138 valence electrons. The van der Waals surface area contributed by atoms with Gasteiger partial charge in [0.1, 0.15) is 12.1 Å². The number of Topliss-reactive ketones (excluding diaryl/α,β-unsaturated/α-hetero) is 1. The number of hydrogen-bond acceptors (Lipinski definition) is 6. The molecule has 0 fully saturated rings. The summed E-state index contributed by atoms with van der Waals surface area (Å²) < 4.78 is 10.6. The van der Waals surface area contributed by atoms with Gasteiger partial charge in [0.25, 0.3) is 0 Å². The molecule has 0 unspecified atom stereocenters. The number of ketones is 1. The summed E-state index contributed by atoms with van der Waals surface area (Å²) in [5, 5.41) is 9.54. The van der Waals surface area contributed by atoms with Crippen LogP contribution in [0.4, 0.5) is 0 Å². The molecule has 7 nitrogen and oxygen atoms in total. The molecule has 0 bridgehead atoms. The summed E-state index contributed by atoms with van der Waals surface area (Å²) in [6.45, 7) is 9.56. The van der Waals surface area contributed by atoms with Crippen molar-refractivity contribution < 1.29 is 23.9 Å². The average Bonchev–Trinajstić information content (AvgIpc) is 2.49. The maximum absolute atomic E-state index is 12.4. The molecule has 24 heavy (non-hydrogen) atoms. The van der Waals surface area contributed by atoms with Crippen LogP contribution < -0.4 is 5.32 Å².